The highest BCUT2D eigenvalue weighted by Gasteiger charge is 2.26. The molecule has 2 atom stereocenters. The van der Waals surface area contributed by atoms with Gasteiger partial charge in [0, 0.05) is 4.47 Å². The van der Waals surface area contributed by atoms with E-state index in [2.05, 4.69) is 40.4 Å². The van der Waals surface area contributed by atoms with Crippen LogP contribution in [0.15, 0.2) is 51.6 Å². The molecule has 6 heteroatoms. The molecule has 25 heavy (non-hydrogen) atoms. The molecule has 0 fully saturated rings. The molecule has 1 aromatic carbocycles. The smallest absolute Gasteiger partial charge is 0.237 e. The number of carbonyl (C=O) groups excluding carboxylic acids is 1. The Labute approximate surface area is 156 Å². The number of hydrogen-bond donors (Lipinski definition) is 2. The van der Waals surface area contributed by atoms with Crippen molar-refractivity contribution in [3.8, 4) is 6.07 Å². The molecule has 0 aliphatic carbocycles. The summed E-state index contributed by atoms with van der Waals surface area (Å²) in [5.41, 5.74) is 1.000. The number of halogens is 1. The number of nitrogens with one attached hydrogen (secondary N) is 2. The first-order valence-electron chi connectivity index (χ1n) is 8.20. The standard InChI is InChI=1S/C19H22BrN3O2/c1-13(2)12-16(19(24)22-10-9-21)23-18(17-4-3-11-25-17)14-5-7-15(20)8-6-14/h3-8,11,13,16,18,23H,10,12H2,1-2H3,(H,22,24)/t16-,18?/m0/s1. The van der Waals surface area contributed by atoms with Gasteiger partial charge in [-0.3, -0.25) is 10.1 Å². The molecule has 0 spiro atoms. The molecule has 5 nitrogen and oxygen atoms in total. The third kappa shape index (κ3) is 5.73. The Morgan fingerprint density at radius 3 is 2.56 bits per heavy atom. The van der Waals surface area contributed by atoms with Crippen LogP contribution in [-0.4, -0.2) is 18.5 Å². The highest BCUT2D eigenvalue weighted by molar-refractivity contribution is 9.10. The molecular weight excluding hydrogens is 382 g/mol. The van der Waals surface area contributed by atoms with Gasteiger partial charge >= 0.3 is 0 Å². The van der Waals surface area contributed by atoms with Crippen LogP contribution in [0.4, 0.5) is 0 Å². The summed E-state index contributed by atoms with van der Waals surface area (Å²) in [6, 6.07) is 12.9. The zero-order chi connectivity index (χ0) is 18.2. The van der Waals surface area contributed by atoms with Crippen molar-refractivity contribution in [1.29, 1.82) is 5.26 Å². The minimum Gasteiger partial charge on any atom is -0.467 e. The van der Waals surface area contributed by atoms with E-state index in [1.165, 1.54) is 0 Å². The number of furan rings is 1. The number of benzene rings is 1. The number of rotatable bonds is 8. The molecule has 0 radical (unpaired) electrons. The topological polar surface area (TPSA) is 78.1 Å². The molecule has 2 aromatic rings. The van der Waals surface area contributed by atoms with Gasteiger partial charge in [-0.2, -0.15) is 5.26 Å². The lowest BCUT2D eigenvalue weighted by Crippen LogP contribution is -2.46. The lowest BCUT2D eigenvalue weighted by atomic mass is 9.98. The molecule has 2 rings (SSSR count). The summed E-state index contributed by atoms with van der Waals surface area (Å²) in [5.74, 6) is 0.889. The van der Waals surface area contributed by atoms with Crippen LogP contribution in [0.2, 0.25) is 0 Å². The van der Waals surface area contributed by atoms with E-state index in [0.29, 0.717) is 12.3 Å². The fourth-order valence-corrected chi connectivity index (χ4v) is 2.89. The van der Waals surface area contributed by atoms with Crippen molar-refractivity contribution in [2.45, 2.75) is 32.4 Å². The molecule has 2 N–H and O–H groups in total. The minimum atomic E-state index is -0.424. The van der Waals surface area contributed by atoms with Crippen LogP contribution in [0, 0.1) is 17.2 Å². The highest BCUT2D eigenvalue weighted by Crippen LogP contribution is 2.25. The quantitative estimate of drug-likeness (QED) is 0.657. The summed E-state index contributed by atoms with van der Waals surface area (Å²) in [6.07, 6.45) is 2.28. The number of carbonyl (C=O) groups is 1. The Morgan fingerprint density at radius 1 is 1.28 bits per heavy atom. The minimum absolute atomic E-state index is 0.00118. The van der Waals surface area contributed by atoms with Gasteiger partial charge in [-0.1, -0.05) is 41.9 Å². The maximum atomic E-state index is 12.5. The fourth-order valence-electron chi connectivity index (χ4n) is 2.63. The maximum Gasteiger partial charge on any atom is 0.237 e. The van der Waals surface area contributed by atoms with Gasteiger partial charge in [-0.05, 0) is 42.2 Å². The van der Waals surface area contributed by atoms with E-state index in [0.717, 1.165) is 15.8 Å². The van der Waals surface area contributed by atoms with Gasteiger partial charge in [0.1, 0.15) is 12.3 Å². The van der Waals surface area contributed by atoms with E-state index < -0.39 is 6.04 Å². The number of amides is 1. The summed E-state index contributed by atoms with van der Waals surface area (Å²) < 4.78 is 6.57. The summed E-state index contributed by atoms with van der Waals surface area (Å²) in [5, 5.41) is 14.8. The summed E-state index contributed by atoms with van der Waals surface area (Å²) in [4.78, 5) is 12.5. The van der Waals surface area contributed by atoms with Crippen molar-refractivity contribution in [1.82, 2.24) is 10.6 Å². The Kier molecular flexibility index (Phi) is 7.23. The van der Waals surface area contributed by atoms with Crippen LogP contribution in [0.25, 0.3) is 0 Å². The van der Waals surface area contributed by atoms with Crippen LogP contribution in [0.5, 0.6) is 0 Å². The van der Waals surface area contributed by atoms with E-state index in [9.17, 15) is 4.79 Å². The molecule has 1 heterocycles. The van der Waals surface area contributed by atoms with Gasteiger partial charge < -0.3 is 9.73 Å². The molecule has 1 aromatic heterocycles. The van der Waals surface area contributed by atoms with Gasteiger partial charge in [0.05, 0.1) is 24.4 Å². The lowest BCUT2D eigenvalue weighted by molar-refractivity contribution is -0.123. The van der Waals surface area contributed by atoms with E-state index in [1.807, 2.05) is 42.5 Å². The van der Waals surface area contributed by atoms with Crippen molar-refractivity contribution in [3.63, 3.8) is 0 Å². The Balaban J connectivity index is 2.27. The van der Waals surface area contributed by atoms with Crippen LogP contribution in [0.1, 0.15) is 37.6 Å². The van der Waals surface area contributed by atoms with Gasteiger partial charge in [0.25, 0.3) is 0 Å². The average Bonchev–Trinajstić information content (AvgIpc) is 3.11. The predicted molar refractivity (Wildman–Crippen MR) is 99.7 cm³/mol. The first kappa shape index (κ1) is 19.2. The van der Waals surface area contributed by atoms with Gasteiger partial charge in [-0.15, -0.1) is 0 Å². The number of nitrogens with zero attached hydrogens (tertiary/aromatic N) is 1. The van der Waals surface area contributed by atoms with E-state index in [4.69, 9.17) is 9.68 Å². The summed E-state index contributed by atoms with van der Waals surface area (Å²) >= 11 is 3.44. The highest BCUT2D eigenvalue weighted by atomic mass is 79.9. The second-order valence-corrected chi connectivity index (χ2v) is 7.14. The molecular formula is C19H22BrN3O2. The SMILES string of the molecule is CC(C)C[C@H](NC(c1ccc(Br)cc1)c1ccco1)C(=O)NCC#N. The van der Waals surface area contributed by atoms with Crippen molar-refractivity contribution in [3.05, 3.63) is 58.5 Å². The number of hydrogen-bond acceptors (Lipinski definition) is 4. The second-order valence-electron chi connectivity index (χ2n) is 6.22. The van der Waals surface area contributed by atoms with Gasteiger partial charge in [-0.25, -0.2) is 0 Å². The van der Waals surface area contributed by atoms with Gasteiger partial charge in [0.2, 0.25) is 5.91 Å². The number of nitriles is 1. The Hall–Kier alpha value is -2.10. The van der Waals surface area contributed by atoms with Crippen LogP contribution in [0.3, 0.4) is 0 Å². The molecule has 1 amide bonds. The van der Waals surface area contributed by atoms with Crippen molar-refractivity contribution >= 4 is 21.8 Å². The maximum absolute atomic E-state index is 12.5. The molecule has 0 saturated carbocycles. The molecule has 0 aliphatic heterocycles. The first-order valence-corrected chi connectivity index (χ1v) is 9.00. The molecule has 0 bridgehead atoms. The fraction of sp³-hybridized carbons (Fsp3) is 0.368. The van der Waals surface area contributed by atoms with E-state index in [1.54, 1.807) is 6.26 Å². The monoisotopic (exact) mass is 403 g/mol. The third-order valence-electron chi connectivity index (χ3n) is 3.76. The molecule has 0 aliphatic rings. The molecule has 0 saturated heterocycles. The third-order valence-corrected chi connectivity index (χ3v) is 4.29. The molecule has 132 valence electrons. The first-order chi connectivity index (χ1) is 12.0. The summed E-state index contributed by atoms with van der Waals surface area (Å²) in [6.45, 7) is 4.13. The van der Waals surface area contributed by atoms with Crippen molar-refractivity contribution in [2.75, 3.05) is 6.54 Å². The predicted octanol–water partition coefficient (Wildman–Crippen LogP) is 3.78. The average molecular weight is 404 g/mol. The van der Waals surface area contributed by atoms with Crippen molar-refractivity contribution in [2.24, 2.45) is 5.92 Å². The Morgan fingerprint density at radius 2 is 2.00 bits per heavy atom. The largest absolute Gasteiger partial charge is 0.467 e. The van der Waals surface area contributed by atoms with Crippen LogP contribution >= 0.6 is 15.9 Å². The Bertz CT molecular complexity index is 705. The van der Waals surface area contributed by atoms with E-state index >= 15 is 0 Å². The van der Waals surface area contributed by atoms with E-state index in [-0.39, 0.29) is 18.5 Å². The van der Waals surface area contributed by atoms with Crippen LogP contribution in [-0.2, 0) is 4.79 Å². The summed E-state index contributed by atoms with van der Waals surface area (Å²) in [7, 11) is 0. The van der Waals surface area contributed by atoms with Crippen LogP contribution < -0.4 is 10.6 Å². The lowest BCUT2D eigenvalue weighted by Gasteiger charge is -2.25. The zero-order valence-corrected chi connectivity index (χ0v) is 15.9. The van der Waals surface area contributed by atoms with Gasteiger partial charge in [0.15, 0.2) is 0 Å². The second kappa shape index (κ2) is 9.40. The van der Waals surface area contributed by atoms with Crippen molar-refractivity contribution < 1.29 is 9.21 Å². The zero-order valence-electron chi connectivity index (χ0n) is 14.3. The molecule has 1 unspecified atom stereocenters. The normalized spacial score (nSPS) is 13.2.